The number of likely N-dealkylation sites (tertiary alicyclic amines) is 1. The zero-order chi connectivity index (χ0) is 11.0. The van der Waals surface area contributed by atoms with Gasteiger partial charge in [0, 0.05) is 6.54 Å². The molecule has 1 aromatic rings. The van der Waals surface area contributed by atoms with E-state index in [1.54, 1.807) is 0 Å². The first kappa shape index (κ1) is 10.3. The lowest BCUT2D eigenvalue weighted by Gasteiger charge is -2.35. The lowest BCUT2D eigenvalue weighted by atomic mass is 9.97. The summed E-state index contributed by atoms with van der Waals surface area (Å²) in [5.41, 5.74) is 2.69. The molecule has 88 valence electrons. The molecule has 2 aliphatic rings. The van der Waals surface area contributed by atoms with Gasteiger partial charge < -0.3 is 0 Å². The van der Waals surface area contributed by atoms with Gasteiger partial charge in [-0.15, -0.1) is 0 Å². The molecule has 1 aliphatic carbocycles. The van der Waals surface area contributed by atoms with Crippen LogP contribution in [0.4, 0.5) is 0 Å². The summed E-state index contributed by atoms with van der Waals surface area (Å²) in [6.07, 6.45) is 8.89. The van der Waals surface area contributed by atoms with E-state index >= 15 is 0 Å². The van der Waals surface area contributed by atoms with Gasteiger partial charge in [0.2, 0.25) is 0 Å². The number of nitrogens with one attached hydrogen (secondary N) is 1. The quantitative estimate of drug-likeness (QED) is 0.847. The van der Waals surface area contributed by atoms with E-state index in [0.29, 0.717) is 6.04 Å². The summed E-state index contributed by atoms with van der Waals surface area (Å²) in [5.74, 6) is 0.990. The average Bonchev–Trinajstić information content (AvgIpc) is 3.00. The molecule has 3 nitrogen and oxygen atoms in total. The van der Waals surface area contributed by atoms with Crippen molar-refractivity contribution in [3.63, 3.8) is 0 Å². The van der Waals surface area contributed by atoms with Gasteiger partial charge in [0.25, 0.3) is 0 Å². The fourth-order valence-corrected chi connectivity index (χ4v) is 2.86. The third-order valence-corrected chi connectivity index (χ3v) is 4.00. The first-order chi connectivity index (χ1) is 7.84. The summed E-state index contributed by atoms with van der Waals surface area (Å²) in [6.45, 7) is 4.76. The third-order valence-electron chi connectivity index (χ3n) is 4.00. The maximum absolute atomic E-state index is 4.17. The number of rotatable bonds is 3. The van der Waals surface area contributed by atoms with Crippen LogP contribution < -0.4 is 0 Å². The second kappa shape index (κ2) is 4.21. The second-order valence-electron chi connectivity index (χ2n) is 5.42. The van der Waals surface area contributed by atoms with E-state index in [9.17, 15) is 0 Å². The molecule has 16 heavy (non-hydrogen) atoms. The van der Waals surface area contributed by atoms with Crippen molar-refractivity contribution in [1.29, 1.82) is 0 Å². The van der Waals surface area contributed by atoms with Crippen molar-refractivity contribution in [2.75, 3.05) is 13.1 Å². The molecule has 2 fully saturated rings. The molecule has 0 spiro atoms. The summed E-state index contributed by atoms with van der Waals surface area (Å²) >= 11 is 0. The largest absolute Gasteiger partial charge is 0.295 e. The molecule has 3 rings (SSSR count). The van der Waals surface area contributed by atoms with Gasteiger partial charge >= 0.3 is 0 Å². The average molecular weight is 219 g/mol. The third kappa shape index (κ3) is 2.01. The van der Waals surface area contributed by atoms with Crippen LogP contribution in [-0.2, 0) is 0 Å². The highest BCUT2D eigenvalue weighted by Crippen LogP contribution is 2.36. The predicted molar refractivity (Wildman–Crippen MR) is 64.2 cm³/mol. The molecule has 0 radical (unpaired) electrons. The Hall–Kier alpha value is -0.830. The fraction of sp³-hybridized carbons (Fsp3) is 0.769. The number of aromatic nitrogens is 2. The highest BCUT2D eigenvalue weighted by molar-refractivity contribution is 5.18. The Morgan fingerprint density at radius 3 is 2.94 bits per heavy atom. The summed E-state index contributed by atoms with van der Waals surface area (Å²) < 4.78 is 0. The van der Waals surface area contributed by atoms with Crippen molar-refractivity contribution in [2.24, 2.45) is 5.92 Å². The van der Waals surface area contributed by atoms with Gasteiger partial charge in [-0.2, -0.15) is 5.10 Å². The molecule has 1 saturated heterocycles. The normalized spacial score (nSPS) is 27.2. The van der Waals surface area contributed by atoms with Crippen molar-refractivity contribution in [1.82, 2.24) is 15.1 Å². The van der Waals surface area contributed by atoms with Crippen molar-refractivity contribution < 1.29 is 0 Å². The summed E-state index contributed by atoms with van der Waals surface area (Å²) in [7, 11) is 0. The maximum Gasteiger partial charge on any atom is 0.0552 e. The molecular weight excluding hydrogens is 198 g/mol. The molecule has 1 aromatic heterocycles. The monoisotopic (exact) mass is 219 g/mol. The molecule has 0 aromatic carbocycles. The number of aryl methyl sites for hydroxylation is 1. The van der Waals surface area contributed by atoms with E-state index < -0.39 is 0 Å². The molecule has 3 heteroatoms. The van der Waals surface area contributed by atoms with E-state index in [1.165, 1.54) is 56.5 Å². The van der Waals surface area contributed by atoms with Crippen LogP contribution in [0, 0.1) is 12.8 Å². The summed E-state index contributed by atoms with van der Waals surface area (Å²) in [4.78, 5) is 2.68. The van der Waals surface area contributed by atoms with Gasteiger partial charge in [0.15, 0.2) is 0 Å². The van der Waals surface area contributed by atoms with Gasteiger partial charge in [0.1, 0.15) is 0 Å². The molecule has 2 heterocycles. The number of hydrogen-bond acceptors (Lipinski definition) is 2. The maximum atomic E-state index is 4.17. The number of hydrogen-bond donors (Lipinski definition) is 1. The van der Waals surface area contributed by atoms with Gasteiger partial charge in [-0.3, -0.25) is 10.00 Å². The van der Waals surface area contributed by atoms with Crippen LogP contribution in [0.2, 0.25) is 0 Å². The Morgan fingerprint density at radius 1 is 1.38 bits per heavy atom. The topological polar surface area (TPSA) is 31.9 Å². The smallest absolute Gasteiger partial charge is 0.0552 e. The van der Waals surface area contributed by atoms with Crippen molar-refractivity contribution in [3.05, 3.63) is 17.5 Å². The lowest BCUT2D eigenvalue weighted by molar-refractivity contribution is 0.138. The molecule has 0 unspecified atom stereocenters. The minimum absolute atomic E-state index is 0.608. The summed E-state index contributed by atoms with van der Waals surface area (Å²) in [5, 5.41) is 7.38. The first-order valence-electron chi connectivity index (χ1n) is 6.58. The predicted octanol–water partition coefficient (Wildman–Crippen LogP) is 2.66. The van der Waals surface area contributed by atoms with E-state index in [2.05, 4.69) is 22.0 Å². The van der Waals surface area contributed by atoms with Crippen LogP contribution in [0.25, 0.3) is 0 Å². The SMILES string of the molecule is Cc1cn[nH]c1[C@@H]1CCCCN1CC1CC1. The first-order valence-corrected chi connectivity index (χ1v) is 6.58. The Labute approximate surface area is 97.2 Å². The van der Waals surface area contributed by atoms with Crippen LogP contribution in [0.3, 0.4) is 0 Å². The number of aromatic amines is 1. The van der Waals surface area contributed by atoms with Gasteiger partial charge in [-0.1, -0.05) is 6.42 Å². The Kier molecular flexibility index (Phi) is 2.72. The zero-order valence-corrected chi connectivity index (χ0v) is 10.1. The molecule has 1 N–H and O–H groups in total. The lowest BCUT2D eigenvalue weighted by Crippen LogP contribution is -2.35. The van der Waals surface area contributed by atoms with E-state index in [-0.39, 0.29) is 0 Å². The molecule has 0 amide bonds. The van der Waals surface area contributed by atoms with Crippen molar-refractivity contribution in [3.8, 4) is 0 Å². The second-order valence-corrected chi connectivity index (χ2v) is 5.42. The number of piperidine rings is 1. The molecule has 1 atom stereocenters. The number of nitrogens with zero attached hydrogens (tertiary/aromatic N) is 2. The van der Waals surface area contributed by atoms with Crippen LogP contribution in [0.5, 0.6) is 0 Å². The van der Waals surface area contributed by atoms with Crippen LogP contribution in [-0.4, -0.2) is 28.2 Å². The van der Waals surface area contributed by atoms with E-state index in [4.69, 9.17) is 0 Å². The minimum atomic E-state index is 0.608. The highest BCUT2D eigenvalue weighted by Gasteiger charge is 2.31. The Bertz CT molecular complexity index is 354. The Balaban J connectivity index is 1.76. The molecule has 1 aliphatic heterocycles. The standard InChI is InChI=1S/C13H21N3/c1-10-8-14-15-13(10)12-4-2-3-7-16(12)9-11-5-6-11/h8,11-12H,2-7,9H2,1H3,(H,14,15)/t12-/m0/s1. The number of H-pyrrole nitrogens is 1. The Morgan fingerprint density at radius 2 is 2.25 bits per heavy atom. The van der Waals surface area contributed by atoms with Gasteiger partial charge in [-0.05, 0) is 50.6 Å². The van der Waals surface area contributed by atoms with E-state index in [0.717, 1.165) is 5.92 Å². The van der Waals surface area contributed by atoms with Crippen molar-refractivity contribution in [2.45, 2.75) is 45.1 Å². The van der Waals surface area contributed by atoms with Gasteiger partial charge in [0.05, 0.1) is 17.9 Å². The minimum Gasteiger partial charge on any atom is -0.295 e. The van der Waals surface area contributed by atoms with Crippen LogP contribution >= 0.6 is 0 Å². The zero-order valence-electron chi connectivity index (χ0n) is 10.1. The summed E-state index contributed by atoms with van der Waals surface area (Å²) in [6, 6.07) is 0.608. The van der Waals surface area contributed by atoms with Crippen molar-refractivity contribution >= 4 is 0 Å². The molecule has 0 bridgehead atoms. The fourth-order valence-electron chi connectivity index (χ4n) is 2.86. The molecular formula is C13H21N3. The highest BCUT2D eigenvalue weighted by atomic mass is 15.2. The van der Waals surface area contributed by atoms with Gasteiger partial charge in [-0.25, -0.2) is 0 Å². The molecule has 1 saturated carbocycles. The van der Waals surface area contributed by atoms with E-state index in [1.807, 2.05) is 6.20 Å². The van der Waals surface area contributed by atoms with Crippen LogP contribution in [0.15, 0.2) is 6.20 Å². The van der Waals surface area contributed by atoms with Crippen LogP contribution in [0.1, 0.15) is 49.4 Å².